The van der Waals surface area contributed by atoms with Crippen LogP contribution in [0.2, 0.25) is 0 Å². The van der Waals surface area contributed by atoms with Crippen LogP contribution >= 0.6 is 0 Å². The molecule has 0 bridgehead atoms. The fraction of sp³-hybridized carbons (Fsp3) is 0.407. The van der Waals surface area contributed by atoms with E-state index in [4.69, 9.17) is 15.2 Å². The number of halogens is 6. The third-order valence-corrected chi connectivity index (χ3v) is 7.08. The maximum absolute atomic E-state index is 13.5. The van der Waals surface area contributed by atoms with E-state index in [2.05, 4.69) is 15.0 Å². The summed E-state index contributed by atoms with van der Waals surface area (Å²) in [5, 5.41) is 19.4. The summed E-state index contributed by atoms with van der Waals surface area (Å²) in [7, 11) is 1.38. The predicted octanol–water partition coefficient (Wildman–Crippen LogP) is 4.77. The van der Waals surface area contributed by atoms with E-state index in [9.17, 15) is 41.4 Å². The smallest absolute Gasteiger partial charge is 0.416 e. The van der Waals surface area contributed by atoms with Gasteiger partial charge in [0.05, 0.1) is 54.0 Å². The van der Waals surface area contributed by atoms with Gasteiger partial charge in [0.25, 0.3) is 0 Å². The molecule has 4 rings (SSSR count). The second-order valence-corrected chi connectivity index (χ2v) is 9.74. The van der Waals surface area contributed by atoms with Crippen molar-refractivity contribution in [1.29, 1.82) is 0 Å². The molecule has 0 spiro atoms. The highest BCUT2D eigenvalue weighted by molar-refractivity contribution is 5.89. The summed E-state index contributed by atoms with van der Waals surface area (Å²) in [5.74, 6) is -0.906. The number of aliphatic hydroxyl groups excluding tert-OH is 1. The van der Waals surface area contributed by atoms with Gasteiger partial charge in [0.15, 0.2) is 5.75 Å². The third kappa shape index (κ3) is 6.44. The molecule has 16 heteroatoms. The number of amides is 1. The summed E-state index contributed by atoms with van der Waals surface area (Å²) < 4.78 is 91.6. The van der Waals surface area contributed by atoms with Crippen LogP contribution in [-0.4, -0.2) is 57.2 Å². The molecule has 3 heterocycles. The summed E-state index contributed by atoms with van der Waals surface area (Å²) in [6.45, 7) is 0.923. The number of carbonyl (C=O) groups is 1. The average Bonchev–Trinajstić information content (AvgIpc) is 2.94. The molecule has 1 aliphatic rings. The number of benzene rings is 1. The fourth-order valence-corrected chi connectivity index (χ4v) is 5.00. The zero-order valence-corrected chi connectivity index (χ0v) is 22.8. The van der Waals surface area contributed by atoms with Crippen molar-refractivity contribution in [2.45, 2.75) is 50.1 Å². The number of hydrogen-bond donors (Lipinski definition) is 3. The summed E-state index contributed by atoms with van der Waals surface area (Å²) in [6.07, 6.45) is -10.8. The second kappa shape index (κ2) is 11.8. The number of aliphatic hydroxyl groups is 1. The Balaban J connectivity index is 1.86. The molecule has 2 unspecified atom stereocenters. The molecule has 3 aromatic rings. The molecule has 1 amide bonds. The average molecular weight is 616 g/mol. The number of pyridine rings is 1. The van der Waals surface area contributed by atoms with Gasteiger partial charge >= 0.3 is 18.4 Å². The van der Waals surface area contributed by atoms with Crippen LogP contribution in [0.15, 0.2) is 36.5 Å². The number of rotatable bonds is 8. The maximum atomic E-state index is 13.5. The molecule has 0 fully saturated rings. The van der Waals surface area contributed by atoms with E-state index in [1.807, 2.05) is 0 Å². The highest BCUT2D eigenvalue weighted by atomic mass is 19.4. The van der Waals surface area contributed by atoms with Gasteiger partial charge in [-0.1, -0.05) is 6.92 Å². The first-order chi connectivity index (χ1) is 20.1. The lowest BCUT2D eigenvalue weighted by Gasteiger charge is -2.47. The van der Waals surface area contributed by atoms with Crippen molar-refractivity contribution >= 4 is 11.8 Å². The Hall–Kier alpha value is -4.18. The molecule has 1 aliphatic heterocycles. The first-order valence-corrected chi connectivity index (χ1v) is 12.9. The summed E-state index contributed by atoms with van der Waals surface area (Å²) in [5.41, 5.74) is 2.11. The normalized spacial score (nSPS) is 18.7. The van der Waals surface area contributed by atoms with Gasteiger partial charge in [0.1, 0.15) is 18.1 Å². The van der Waals surface area contributed by atoms with E-state index < -0.39 is 54.2 Å². The van der Waals surface area contributed by atoms with Crippen LogP contribution < -0.4 is 20.1 Å². The molecule has 0 aliphatic carbocycles. The molecule has 0 saturated heterocycles. The lowest BCUT2D eigenvalue weighted by molar-refractivity contribution is -0.143. The van der Waals surface area contributed by atoms with Gasteiger partial charge in [-0.05, 0) is 36.2 Å². The Morgan fingerprint density at radius 2 is 1.77 bits per heavy atom. The van der Waals surface area contributed by atoms with E-state index in [-0.39, 0.29) is 59.9 Å². The number of anilines is 1. The minimum Gasteiger partial charge on any atom is -0.488 e. The number of nitrogens with zero attached hydrogens (tertiary/aromatic N) is 4. The standard InChI is InChI=1S/C27H27F6N5O5/c1-3-25(34)17(12-18-20(38(25)24(40)41)4-5-22(36-18)42-2)23-35-13-21(43-7-6-39)19(37-23)10-14-8-15(26(28,29)30)11-16(9-14)27(31,32)33/h4-5,8-9,11,13,17,39H,3,6-7,10,12,34H2,1-2H3,(H,40,41). The van der Waals surface area contributed by atoms with Gasteiger partial charge in [-0.25, -0.2) is 19.7 Å². The largest absolute Gasteiger partial charge is 0.488 e. The van der Waals surface area contributed by atoms with E-state index in [1.165, 1.54) is 19.2 Å². The van der Waals surface area contributed by atoms with Crippen LogP contribution in [0.5, 0.6) is 11.6 Å². The number of carboxylic acid groups (broad SMARTS) is 1. The molecule has 0 radical (unpaired) electrons. The molecule has 1 aromatic carbocycles. The molecule has 2 atom stereocenters. The van der Waals surface area contributed by atoms with Crippen molar-refractivity contribution in [1.82, 2.24) is 15.0 Å². The molecular weight excluding hydrogens is 588 g/mol. The topological polar surface area (TPSA) is 144 Å². The zero-order valence-electron chi connectivity index (χ0n) is 22.8. The van der Waals surface area contributed by atoms with Crippen molar-refractivity contribution < 1.29 is 50.8 Å². The monoisotopic (exact) mass is 615 g/mol. The highest BCUT2D eigenvalue weighted by Gasteiger charge is 2.50. The van der Waals surface area contributed by atoms with Gasteiger partial charge in [-0.15, -0.1) is 0 Å². The number of aromatic nitrogens is 3. The predicted molar refractivity (Wildman–Crippen MR) is 139 cm³/mol. The van der Waals surface area contributed by atoms with Gasteiger partial charge < -0.3 is 25.4 Å². The quantitative estimate of drug-likeness (QED) is 0.305. The molecule has 2 aromatic heterocycles. The number of ether oxygens (including phenoxy) is 2. The second-order valence-electron chi connectivity index (χ2n) is 9.74. The van der Waals surface area contributed by atoms with Gasteiger partial charge in [-0.2, -0.15) is 26.3 Å². The molecule has 0 saturated carbocycles. The van der Waals surface area contributed by atoms with Crippen molar-refractivity contribution in [3.8, 4) is 11.6 Å². The van der Waals surface area contributed by atoms with Crippen LogP contribution in [0.4, 0.5) is 36.8 Å². The number of nitrogens with two attached hydrogens (primary N) is 1. The van der Waals surface area contributed by atoms with E-state index in [0.717, 1.165) is 11.1 Å². The molecule has 4 N–H and O–H groups in total. The van der Waals surface area contributed by atoms with Crippen molar-refractivity contribution in [2.75, 3.05) is 25.2 Å². The third-order valence-electron chi connectivity index (χ3n) is 7.08. The maximum Gasteiger partial charge on any atom is 0.416 e. The zero-order chi connectivity index (χ0) is 31.7. The Bertz CT molecular complexity index is 1470. The minimum atomic E-state index is -5.06. The van der Waals surface area contributed by atoms with Crippen molar-refractivity contribution in [3.63, 3.8) is 0 Å². The van der Waals surface area contributed by atoms with Gasteiger partial charge in [0, 0.05) is 18.9 Å². The van der Waals surface area contributed by atoms with Crippen LogP contribution in [0.1, 0.15) is 53.2 Å². The number of hydrogen-bond acceptors (Lipinski definition) is 8. The number of fused-ring (bicyclic) bond motifs is 1. The first-order valence-electron chi connectivity index (χ1n) is 12.9. The van der Waals surface area contributed by atoms with Crippen molar-refractivity contribution in [2.24, 2.45) is 5.73 Å². The summed E-state index contributed by atoms with van der Waals surface area (Å²) >= 11 is 0. The Labute approximate surface area is 241 Å². The Morgan fingerprint density at radius 1 is 1.12 bits per heavy atom. The van der Waals surface area contributed by atoms with Crippen molar-refractivity contribution in [3.05, 3.63) is 70.4 Å². The summed E-state index contributed by atoms with van der Waals surface area (Å²) in [4.78, 5) is 26.5. The van der Waals surface area contributed by atoms with Crippen LogP contribution in [-0.2, 0) is 25.2 Å². The Kier molecular flexibility index (Phi) is 8.74. The molecule has 232 valence electrons. The SMILES string of the molecule is CCC1(N)C(c2ncc(OCCO)c(Cc3cc(C(F)(F)F)cc(C(F)(F)F)c3)n2)Cc2nc(OC)ccc2N1C(=O)O. The molecule has 10 nitrogen and oxygen atoms in total. The van der Waals surface area contributed by atoms with Crippen LogP contribution in [0.3, 0.4) is 0 Å². The Morgan fingerprint density at radius 3 is 2.30 bits per heavy atom. The van der Waals surface area contributed by atoms with E-state index in [0.29, 0.717) is 17.8 Å². The first kappa shape index (κ1) is 31.7. The summed E-state index contributed by atoms with van der Waals surface area (Å²) in [6, 6.07) is 4.13. The highest BCUT2D eigenvalue weighted by Crippen LogP contribution is 2.44. The molecular formula is C27H27F6N5O5. The van der Waals surface area contributed by atoms with Crippen LogP contribution in [0, 0.1) is 0 Å². The lowest BCUT2D eigenvalue weighted by Crippen LogP contribution is -2.64. The van der Waals surface area contributed by atoms with Gasteiger partial charge in [-0.3, -0.25) is 4.90 Å². The van der Waals surface area contributed by atoms with Gasteiger partial charge in [0.2, 0.25) is 5.88 Å². The van der Waals surface area contributed by atoms with E-state index >= 15 is 0 Å². The number of alkyl halides is 6. The molecule has 43 heavy (non-hydrogen) atoms. The fourth-order valence-electron chi connectivity index (χ4n) is 5.00. The minimum absolute atomic E-state index is 0.0172. The number of methoxy groups -OCH3 is 1. The lowest BCUT2D eigenvalue weighted by atomic mass is 9.80. The van der Waals surface area contributed by atoms with Crippen LogP contribution in [0.25, 0.3) is 0 Å². The van der Waals surface area contributed by atoms with E-state index in [1.54, 1.807) is 6.92 Å².